The normalized spacial score (nSPS) is 14.5. The fraction of sp³-hybridized carbons (Fsp3) is 0.385. The third-order valence-electron chi connectivity index (χ3n) is 3.67. The quantitative estimate of drug-likeness (QED) is 0.565. The number of rotatable bonds is 3. The van der Waals surface area contributed by atoms with Crippen molar-refractivity contribution in [2.45, 2.75) is 36.6 Å². The summed E-state index contributed by atoms with van der Waals surface area (Å²) in [6.07, 6.45) is 5.82. The van der Waals surface area contributed by atoms with E-state index in [-0.39, 0.29) is 5.56 Å². The first kappa shape index (κ1) is 12.6. The van der Waals surface area contributed by atoms with Crippen molar-refractivity contribution in [3.8, 4) is 0 Å². The first-order valence-electron chi connectivity index (χ1n) is 6.84. The largest absolute Gasteiger partial charge is 0.361 e. The zero-order valence-electron chi connectivity index (χ0n) is 11.2. The number of thioether (sulfide) groups is 1. The monoisotopic (exact) mass is 303 g/mol. The van der Waals surface area contributed by atoms with Crippen LogP contribution in [0.4, 0.5) is 0 Å². The molecule has 0 aliphatic heterocycles. The van der Waals surface area contributed by atoms with Gasteiger partial charge in [-0.3, -0.25) is 9.89 Å². The number of hydrogen-bond donors (Lipinski definition) is 2. The Bertz CT molecular complexity index is 850. The van der Waals surface area contributed by atoms with Crippen LogP contribution in [0.15, 0.2) is 20.7 Å². The summed E-state index contributed by atoms with van der Waals surface area (Å²) in [4.78, 5) is 18.9. The lowest BCUT2D eigenvalue weighted by Crippen LogP contribution is -2.08. The summed E-state index contributed by atoms with van der Waals surface area (Å²) in [5.74, 6) is 1.66. The Hall–Kier alpha value is -2.09. The molecule has 0 fully saturated rings. The average molecular weight is 303 g/mol. The van der Waals surface area contributed by atoms with Gasteiger partial charge in [0.25, 0.3) is 5.56 Å². The van der Waals surface area contributed by atoms with Gasteiger partial charge in [-0.15, -0.1) is 0 Å². The topological polar surface area (TPSA) is 100 Å². The standard InChI is InChI=1S/C13H13N5O2S/c19-12-8-5-14-17-11(8)15-13(16-12)21-6-9-7-3-1-2-4-10(7)20-18-9/h5H,1-4,6H2,(H2,14,15,16,17,19). The number of H-pyrrole nitrogens is 2. The molecule has 3 heterocycles. The molecule has 0 bridgehead atoms. The molecule has 0 amide bonds. The molecule has 4 rings (SSSR count). The van der Waals surface area contributed by atoms with Crippen molar-refractivity contribution >= 4 is 22.8 Å². The maximum absolute atomic E-state index is 11.9. The smallest absolute Gasteiger partial charge is 0.262 e. The van der Waals surface area contributed by atoms with Gasteiger partial charge in [0.1, 0.15) is 11.1 Å². The zero-order valence-corrected chi connectivity index (χ0v) is 12.0. The average Bonchev–Trinajstić information content (AvgIpc) is 3.12. The minimum Gasteiger partial charge on any atom is -0.361 e. The van der Waals surface area contributed by atoms with E-state index in [1.807, 2.05) is 0 Å². The van der Waals surface area contributed by atoms with E-state index in [0.29, 0.717) is 21.9 Å². The number of aromatic amines is 2. The van der Waals surface area contributed by atoms with E-state index < -0.39 is 0 Å². The summed E-state index contributed by atoms with van der Waals surface area (Å²) in [5, 5.41) is 11.7. The van der Waals surface area contributed by atoms with Crippen LogP contribution in [0, 0.1) is 0 Å². The van der Waals surface area contributed by atoms with Crippen LogP contribution in [-0.2, 0) is 18.6 Å². The van der Waals surface area contributed by atoms with Crippen LogP contribution in [0.5, 0.6) is 0 Å². The van der Waals surface area contributed by atoms with E-state index >= 15 is 0 Å². The highest BCUT2D eigenvalue weighted by Crippen LogP contribution is 2.28. The predicted octanol–water partition coefficient (Wildman–Crippen LogP) is 1.81. The molecule has 2 N–H and O–H groups in total. The Balaban J connectivity index is 1.58. The summed E-state index contributed by atoms with van der Waals surface area (Å²) in [7, 11) is 0. The molecule has 108 valence electrons. The highest BCUT2D eigenvalue weighted by Gasteiger charge is 2.19. The second-order valence-electron chi connectivity index (χ2n) is 5.03. The van der Waals surface area contributed by atoms with E-state index in [2.05, 4.69) is 25.3 Å². The minimum atomic E-state index is -0.182. The third-order valence-corrected chi connectivity index (χ3v) is 4.56. The SMILES string of the molecule is O=c1[nH]c(SCc2noc3c2CCCC3)nc2[nH]ncc12. The van der Waals surface area contributed by atoms with Crippen molar-refractivity contribution in [1.82, 2.24) is 25.3 Å². The molecule has 0 radical (unpaired) electrons. The highest BCUT2D eigenvalue weighted by atomic mass is 32.2. The summed E-state index contributed by atoms with van der Waals surface area (Å²) < 4.78 is 5.39. The Kier molecular flexibility index (Phi) is 3.03. The fourth-order valence-electron chi connectivity index (χ4n) is 2.59. The molecule has 0 saturated heterocycles. The van der Waals surface area contributed by atoms with Crippen LogP contribution in [0.2, 0.25) is 0 Å². The van der Waals surface area contributed by atoms with E-state index in [1.54, 1.807) is 0 Å². The number of aromatic nitrogens is 5. The van der Waals surface area contributed by atoms with Gasteiger partial charge in [-0.25, -0.2) is 4.98 Å². The van der Waals surface area contributed by atoms with Crippen molar-refractivity contribution in [2.75, 3.05) is 0 Å². The van der Waals surface area contributed by atoms with Crippen molar-refractivity contribution in [2.24, 2.45) is 0 Å². The van der Waals surface area contributed by atoms with Gasteiger partial charge in [-0.05, 0) is 19.3 Å². The lowest BCUT2D eigenvalue weighted by atomic mass is 9.97. The fourth-order valence-corrected chi connectivity index (χ4v) is 3.41. The van der Waals surface area contributed by atoms with Crippen LogP contribution in [0.25, 0.3) is 11.0 Å². The molecule has 21 heavy (non-hydrogen) atoms. The zero-order chi connectivity index (χ0) is 14.2. The lowest BCUT2D eigenvalue weighted by Gasteiger charge is -2.08. The van der Waals surface area contributed by atoms with Crippen LogP contribution in [-0.4, -0.2) is 25.3 Å². The third kappa shape index (κ3) is 2.25. The molecular weight excluding hydrogens is 290 g/mol. The van der Waals surface area contributed by atoms with E-state index in [1.165, 1.54) is 36.4 Å². The maximum atomic E-state index is 11.9. The van der Waals surface area contributed by atoms with Gasteiger partial charge in [0, 0.05) is 17.7 Å². The second-order valence-corrected chi connectivity index (χ2v) is 5.99. The van der Waals surface area contributed by atoms with Gasteiger partial charge in [-0.2, -0.15) is 5.10 Å². The molecule has 0 atom stereocenters. The first-order valence-corrected chi connectivity index (χ1v) is 7.82. The van der Waals surface area contributed by atoms with Gasteiger partial charge in [0.05, 0.1) is 11.9 Å². The summed E-state index contributed by atoms with van der Waals surface area (Å²) in [5.41, 5.74) is 2.52. The summed E-state index contributed by atoms with van der Waals surface area (Å²) in [6, 6.07) is 0. The van der Waals surface area contributed by atoms with Gasteiger partial charge < -0.3 is 9.51 Å². The lowest BCUT2D eigenvalue weighted by molar-refractivity contribution is 0.369. The molecule has 7 nitrogen and oxygen atoms in total. The highest BCUT2D eigenvalue weighted by molar-refractivity contribution is 7.98. The van der Waals surface area contributed by atoms with Crippen LogP contribution in [0.1, 0.15) is 29.9 Å². The minimum absolute atomic E-state index is 0.182. The van der Waals surface area contributed by atoms with Gasteiger partial charge >= 0.3 is 0 Å². The summed E-state index contributed by atoms with van der Waals surface area (Å²) in [6.45, 7) is 0. The molecule has 8 heteroatoms. The number of nitrogens with zero attached hydrogens (tertiary/aromatic N) is 3. The number of hydrogen-bond acceptors (Lipinski definition) is 6. The number of aryl methyl sites for hydroxylation is 1. The van der Waals surface area contributed by atoms with E-state index in [4.69, 9.17) is 4.52 Å². The first-order chi connectivity index (χ1) is 10.3. The van der Waals surface area contributed by atoms with Gasteiger partial charge in [0.15, 0.2) is 10.8 Å². The number of nitrogens with one attached hydrogen (secondary N) is 2. The Morgan fingerprint density at radius 1 is 1.33 bits per heavy atom. The second kappa shape index (κ2) is 5.03. The van der Waals surface area contributed by atoms with E-state index in [0.717, 1.165) is 24.3 Å². The summed E-state index contributed by atoms with van der Waals surface area (Å²) >= 11 is 1.45. The Morgan fingerprint density at radius 2 is 2.24 bits per heavy atom. The van der Waals surface area contributed by atoms with E-state index in [9.17, 15) is 4.79 Å². The molecule has 0 aromatic carbocycles. The van der Waals surface area contributed by atoms with Crippen molar-refractivity contribution in [3.63, 3.8) is 0 Å². The van der Waals surface area contributed by atoms with Crippen molar-refractivity contribution < 1.29 is 4.52 Å². The Morgan fingerprint density at radius 3 is 3.19 bits per heavy atom. The predicted molar refractivity (Wildman–Crippen MR) is 77.2 cm³/mol. The molecular formula is C13H13N5O2S. The van der Waals surface area contributed by atoms with Crippen molar-refractivity contribution in [3.05, 3.63) is 33.6 Å². The molecule has 1 aliphatic rings. The Labute approximate surface area is 123 Å². The van der Waals surface area contributed by atoms with Crippen LogP contribution >= 0.6 is 11.8 Å². The number of fused-ring (bicyclic) bond motifs is 2. The molecule has 0 saturated carbocycles. The van der Waals surface area contributed by atoms with Gasteiger partial charge in [0.2, 0.25) is 0 Å². The van der Waals surface area contributed by atoms with Gasteiger partial charge in [-0.1, -0.05) is 16.9 Å². The van der Waals surface area contributed by atoms with Crippen molar-refractivity contribution in [1.29, 1.82) is 0 Å². The van der Waals surface area contributed by atoms with Crippen LogP contribution in [0.3, 0.4) is 0 Å². The van der Waals surface area contributed by atoms with Crippen LogP contribution < -0.4 is 5.56 Å². The molecule has 0 unspecified atom stereocenters. The molecule has 3 aromatic heterocycles. The molecule has 1 aliphatic carbocycles. The molecule has 3 aromatic rings. The maximum Gasteiger partial charge on any atom is 0.262 e. The molecule has 0 spiro atoms.